The zero-order valence-corrected chi connectivity index (χ0v) is 9.88. The number of rotatable bonds is 0. The fourth-order valence-electron chi connectivity index (χ4n) is 0. The van der Waals surface area contributed by atoms with Crippen LogP contribution in [0.5, 0.6) is 0 Å². The maximum Gasteiger partial charge on any atom is 0 e. The van der Waals surface area contributed by atoms with Crippen LogP contribution in [-0.4, -0.2) is 82.8 Å². The van der Waals surface area contributed by atoms with Gasteiger partial charge in [-0.15, -0.1) is 0 Å². The zero-order valence-electron chi connectivity index (χ0n) is 1.41. The molecule has 0 nitrogen and oxygen atoms in total. The van der Waals surface area contributed by atoms with Crippen LogP contribution in [-0.2, 0) is 19.5 Å². The van der Waals surface area contributed by atoms with Crippen LogP contribution in [0.4, 0.5) is 0 Å². The molecule has 4 heteroatoms. The van der Waals surface area contributed by atoms with Crippen LogP contribution in [0.3, 0.4) is 0 Å². The summed E-state index contributed by atoms with van der Waals surface area (Å²) in [5, 5.41) is 0. The Labute approximate surface area is 99.9 Å². The van der Waals surface area contributed by atoms with E-state index in [0.29, 0.717) is 0 Å². The summed E-state index contributed by atoms with van der Waals surface area (Å²) < 4.78 is 0. The molecule has 0 saturated carbocycles. The van der Waals surface area contributed by atoms with Gasteiger partial charge in [0.1, 0.15) is 0 Å². The first-order chi connectivity index (χ1) is 0. The van der Waals surface area contributed by atoms with Crippen LogP contribution in [0, 0.1) is 0 Å². The van der Waals surface area contributed by atoms with Gasteiger partial charge < -0.3 is 0 Å². The summed E-state index contributed by atoms with van der Waals surface area (Å²) in [6.45, 7) is 0. The molecule has 0 aliphatic rings. The molecule has 0 heterocycles. The molecule has 0 aromatic carbocycles. The topological polar surface area (TPSA) is 0 Å². The van der Waals surface area contributed by atoms with E-state index in [2.05, 4.69) is 0 Å². The second-order valence-corrected chi connectivity index (χ2v) is 0. The fourth-order valence-corrected chi connectivity index (χ4v) is 0. The Bertz CT molecular complexity index is 8.00. The van der Waals surface area contributed by atoms with E-state index in [9.17, 15) is 0 Å². The van der Waals surface area contributed by atoms with Gasteiger partial charge in [-0.05, 0) is 0 Å². The third kappa shape index (κ3) is 9.03. The Kier molecular flexibility index (Phi) is 107. The Hall–Kier alpha value is 3.36. The molecule has 0 fully saturated rings. The predicted molar refractivity (Wildman–Crippen MR) is 25.6 cm³/mol. The molecule has 0 spiro atoms. The summed E-state index contributed by atoms with van der Waals surface area (Å²) in [6, 6.07) is 0. The molecule has 0 aliphatic heterocycles. The average molecular weight is 327 g/mol. The van der Waals surface area contributed by atoms with Crippen LogP contribution in [0.1, 0.15) is 0 Å². The summed E-state index contributed by atoms with van der Waals surface area (Å²) in [5.74, 6) is 0. The summed E-state index contributed by atoms with van der Waals surface area (Å²) in [5.41, 5.74) is 0. The van der Waals surface area contributed by atoms with Crippen molar-refractivity contribution in [3.05, 3.63) is 0 Å². The van der Waals surface area contributed by atoms with E-state index < -0.39 is 0 Å². The van der Waals surface area contributed by atoms with Crippen molar-refractivity contribution >= 4 is 82.8 Å². The van der Waals surface area contributed by atoms with Crippen LogP contribution in [0.25, 0.3) is 0 Å². The predicted octanol–water partition coefficient (Wildman–Crippen LogP) is -2.75. The number of hydrogen-bond acceptors (Lipinski definition) is 0. The summed E-state index contributed by atoms with van der Waals surface area (Å²) in [4.78, 5) is 0. The van der Waals surface area contributed by atoms with E-state index in [4.69, 9.17) is 0 Å². The molecule has 0 aliphatic carbocycles. The summed E-state index contributed by atoms with van der Waals surface area (Å²) >= 11 is 0. The smallest absolute Gasteiger partial charge is 0 e. The maximum atomic E-state index is 0. The van der Waals surface area contributed by atoms with Gasteiger partial charge in [-0.25, -0.2) is 0 Å². The Balaban J connectivity index is 0. The molecule has 0 unspecified atom stereocenters. The van der Waals surface area contributed by atoms with Gasteiger partial charge >= 0.3 is 82.8 Å². The van der Waals surface area contributed by atoms with E-state index in [1.807, 2.05) is 0 Å². The third-order valence-electron chi connectivity index (χ3n) is 0. The molecule has 0 N–H and O–H groups in total. The molecule has 4 heavy (non-hydrogen) atoms. The fraction of sp³-hybridized carbons (Fsp3) is 0. The van der Waals surface area contributed by atoms with Crippen LogP contribution in [0.2, 0.25) is 0 Å². The molecule has 0 radical (unpaired) electrons. The van der Waals surface area contributed by atoms with Gasteiger partial charge in [0.2, 0.25) is 0 Å². The number of hydrogen-bond donors (Lipinski definition) is 0. The standard InChI is InChI=1S/Bi.Ca.Li.Zn.6H. The quantitative estimate of drug-likeness (QED) is 0.423. The Morgan fingerprint density at radius 1 is 1.00 bits per heavy atom. The van der Waals surface area contributed by atoms with Crippen molar-refractivity contribution in [2.45, 2.75) is 0 Å². The maximum absolute atomic E-state index is 0. The molecular weight excluding hydrogens is 321 g/mol. The monoisotopic (exact) mass is 326 g/mol. The molecule has 0 atom stereocenters. The van der Waals surface area contributed by atoms with Gasteiger partial charge in [0.25, 0.3) is 0 Å². The molecule has 0 rings (SSSR count). The second-order valence-electron chi connectivity index (χ2n) is 0. The first-order valence-electron chi connectivity index (χ1n) is 0. The summed E-state index contributed by atoms with van der Waals surface area (Å²) in [7, 11) is 0. The first-order valence-corrected chi connectivity index (χ1v) is 0. The van der Waals surface area contributed by atoms with Crippen LogP contribution >= 0.6 is 0 Å². The van der Waals surface area contributed by atoms with Crippen molar-refractivity contribution in [2.75, 3.05) is 0 Å². The van der Waals surface area contributed by atoms with Gasteiger partial charge in [0.05, 0.1) is 0 Å². The first kappa shape index (κ1) is 26.4. The van der Waals surface area contributed by atoms with Crippen LogP contribution in [0.15, 0.2) is 0 Å². The zero-order chi connectivity index (χ0) is 0. The van der Waals surface area contributed by atoms with Crippen molar-refractivity contribution < 1.29 is 19.5 Å². The minimum absolute atomic E-state index is 0. The minimum atomic E-state index is 0. The van der Waals surface area contributed by atoms with Gasteiger partial charge in [-0.2, -0.15) is 0 Å². The van der Waals surface area contributed by atoms with Crippen molar-refractivity contribution in [3.63, 3.8) is 0 Å². The van der Waals surface area contributed by atoms with Crippen molar-refractivity contribution in [1.82, 2.24) is 0 Å². The Morgan fingerprint density at radius 2 is 1.00 bits per heavy atom. The van der Waals surface area contributed by atoms with Gasteiger partial charge in [-0.3, -0.25) is 0 Å². The molecule has 0 bridgehead atoms. The normalized spacial score (nSPS) is 0. The molecular formula is H6BiCaLiZn. The van der Waals surface area contributed by atoms with Crippen molar-refractivity contribution in [2.24, 2.45) is 0 Å². The average Bonchev–Trinajstić information content (AvgIpc) is 0. The van der Waals surface area contributed by atoms with Crippen LogP contribution < -0.4 is 0 Å². The van der Waals surface area contributed by atoms with E-state index in [-0.39, 0.29) is 102 Å². The van der Waals surface area contributed by atoms with Gasteiger partial charge in [-0.1, -0.05) is 0 Å². The summed E-state index contributed by atoms with van der Waals surface area (Å²) in [6.07, 6.45) is 0. The van der Waals surface area contributed by atoms with E-state index in [0.717, 1.165) is 0 Å². The molecule has 0 amide bonds. The van der Waals surface area contributed by atoms with E-state index >= 15 is 0 Å². The SMILES string of the molecule is [BiH3].[CaH2].[LiH].[Zn]. The molecule has 16 valence electrons. The molecule has 0 aromatic rings. The van der Waals surface area contributed by atoms with E-state index in [1.54, 1.807) is 0 Å². The van der Waals surface area contributed by atoms with Crippen molar-refractivity contribution in [1.29, 1.82) is 0 Å². The second kappa shape index (κ2) is 16.2. The molecule has 0 saturated heterocycles. The Morgan fingerprint density at radius 3 is 1.00 bits per heavy atom. The van der Waals surface area contributed by atoms with E-state index in [1.165, 1.54) is 0 Å². The van der Waals surface area contributed by atoms with Gasteiger partial charge in [0, 0.05) is 19.5 Å². The third-order valence-corrected chi connectivity index (χ3v) is 0. The largest absolute Gasteiger partial charge is 0 e. The minimum Gasteiger partial charge on any atom is 0 e. The molecule has 0 aromatic heterocycles. The van der Waals surface area contributed by atoms with Gasteiger partial charge in [0.15, 0.2) is 0 Å². The van der Waals surface area contributed by atoms with Crippen molar-refractivity contribution in [3.8, 4) is 0 Å².